The van der Waals surface area contributed by atoms with E-state index in [1.54, 1.807) is 12.4 Å². The minimum Gasteiger partial charge on any atom is -0.358 e. The maximum absolute atomic E-state index is 9.93. The molecule has 1 N–H and O–H groups in total. The van der Waals surface area contributed by atoms with Crippen LogP contribution < -0.4 is 5.32 Å². The molecule has 1 heterocycles. The van der Waals surface area contributed by atoms with Gasteiger partial charge in [0.1, 0.15) is 0 Å². The van der Waals surface area contributed by atoms with Gasteiger partial charge in [0.25, 0.3) is 0 Å². The van der Waals surface area contributed by atoms with E-state index in [-0.39, 0.29) is 0 Å². The van der Waals surface area contributed by atoms with Crippen LogP contribution in [0.15, 0.2) is 22.9 Å². The first-order valence-electron chi connectivity index (χ1n) is 3.59. The Morgan fingerprint density at radius 1 is 1.58 bits per heavy atom. The van der Waals surface area contributed by atoms with Gasteiger partial charge in [0.05, 0.1) is 0 Å². The monoisotopic (exact) mass is 228 g/mol. The molecule has 0 aliphatic rings. The number of rotatable bonds is 4. The summed E-state index contributed by atoms with van der Waals surface area (Å²) in [7, 11) is 0. The molecule has 0 radical (unpaired) electrons. The maximum Gasteiger partial charge on any atom is 0.207 e. The number of halogens is 1. The molecule has 0 saturated heterocycles. The van der Waals surface area contributed by atoms with E-state index in [1.807, 2.05) is 6.07 Å². The van der Waals surface area contributed by atoms with Crippen LogP contribution in [0, 0.1) is 0 Å². The second-order valence-corrected chi connectivity index (χ2v) is 3.25. The number of hydrogen-bond donors (Lipinski definition) is 1. The third kappa shape index (κ3) is 3.00. The van der Waals surface area contributed by atoms with E-state index in [0.717, 1.165) is 16.5 Å². The minimum absolute atomic E-state index is 0.654. The molecule has 3 nitrogen and oxygen atoms in total. The molecule has 12 heavy (non-hydrogen) atoms. The molecule has 0 aliphatic carbocycles. The average molecular weight is 229 g/mol. The van der Waals surface area contributed by atoms with Crippen molar-refractivity contribution in [2.24, 2.45) is 0 Å². The Morgan fingerprint density at radius 2 is 2.42 bits per heavy atom. The Kier molecular flexibility index (Phi) is 3.73. The largest absolute Gasteiger partial charge is 0.358 e. The van der Waals surface area contributed by atoms with Crippen LogP contribution in [0.4, 0.5) is 0 Å². The van der Waals surface area contributed by atoms with E-state index in [2.05, 4.69) is 26.2 Å². The first kappa shape index (κ1) is 9.19. The number of nitrogens with zero attached hydrogens (tertiary/aromatic N) is 1. The lowest BCUT2D eigenvalue weighted by Gasteiger charge is -1.99. The van der Waals surface area contributed by atoms with Crippen molar-refractivity contribution in [2.45, 2.75) is 6.42 Å². The van der Waals surface area contributed by atoms with Gasteiger partial charge in [-0.25, -0.2) is 0 Å². The minimum atomic E-state index is 0.654. The zero-order chi connectivity index (χ0) is 8.81. The lowest BCUT2D eigenvalue weighted by Crippen LogP contribution is -2.14. The van der Waals surface area contributed by atoms with Crippen LogP contribution in [-0.4, -0.2) is 17.9 Å². The maximum atomic E-state index is 9.93. The summed E-state index contributed by atoms with van der Waals surface area (Å²) in [5, 5.41) is 2.59. The lowest BCUT2D eigenvalue weighted by molar-refractivity contribution is -0.109. The summed E-state index contributed by atoms with van der Waals surface area (Å²) in [6.07, 6.45) is 5.03. The van der Waals surface area contributed by atoms with Crippen molar-refractivity contribution in [1.82, 2.24) is 10.3 Å². The van der Waals surface area contributed by atoms with Crippen molar-refractivity contribution < 1.29 is 4.79 Å². The predicted molar refractivity (Wildman–Crippen MR) is 49.7 cm³/mol. The van der Waals surface area contributed by atoms with Crippen molar-refractivity contribution in [3.8, 4) is 0 Å². The molecule has 0 saturated carbocycles. The Labute approximate surface area is 79.3 Å². The van der Waals surface area contributed by atoms with Crippen molar-refractivity contribution in [3.05, 3.63) is 28.5 Å². The van der Waals surface area contributed by atoms with Crippen LogP contribution in [0.5, 0.6) is 0 Å². The molecular weight excluding hydrogens is 220 g/mol. The van der Waals surface area contributed by atoms with Crippen molar-refractivity contribution in [1.29, 1.82) is 0 Å². The van der Waals surface area contributed by atoms with Crippen LogP contribution >= 0.6 is 15.9 Å². The van der Waals surface area contributed by atoms with Crippen molar-refractivity contribution in [2.75, 3.05) is 6.54 Å². The quantitative estimate of drug-likeness (QED) is 0.621. The molecule has 1 aromatic heterocycles. The molecule has 1 aromatic rings. The molecule has 0 bridgehead atoms. The van der Waals surface area contributed by atoms with Gasteiger partial charge < -0.3 is 5.32 Å². The Morgan fingerprint density at radius 3 is 3.08 bits per heavy atom. The number of nitrogens with one attached hydrogen (secondary N) is 1. The van der Waals surface area contributed by atoms with Gasteiger partial charge in [0.2, 0.25) is 6.41 Å². The SMILES string of the molecule is O=CNCCc1cncc(Br)c1. The summed E-state index contributed by atoms with van der Waals surface area (Å²) in [5.41, 5.74) is 1.11. The normalized spacial score (nSPS) is 9.42. The first-order valence-corrected chi connectivity index (χ1v) is 4.38. The van der Waals surface area contributed by atoms with Gasteiger partial charge in [-0.3, -0.25) is 9.78 Å². The fraction of sp³-hybridized carbons (Fsp3) is 0.250. The van der Waals surface area contributed by atoms with Crippen LogP contribution in [-0.2, 0) is 11.2 Å². The third-order valence-electron chi connectivity index (χ3n) is 1.40. The second-order valence-electron chi connectivity index (χ2n) is 2.33. The highest BCUT2D eigenvalue weighted by Crippen LogP contribution is 2.09. The smallest absolute Gasteiger partial charge is 0.207 e. The van der Waals surface area contributed by atoms with Crippen molar-refractivity contribution in [3.63, 3.8) is 0 Å². The van der Waals surface area contributed by atoms with Gasteiger partial charge in [-0.1, -0.05) is 0 Å². The number of pyridine rings is 1. The molecule has 0 aliphatic heterocycles. The standard InChI is InChI=1S/C8H9BrN2O/c9-8-3-7(4-11-5-8)1-2-10-6-12/h3-6H,1-2H2,(H,10,12). The molecule has 4 heteroatoms. The summed E-state index contributed by atoms with van der Waals surface area (Å²) in [6.45, 7) is 0.654. The Balaban J connectivity index is 2.46. The fourth-order valence-electron chi connectivity index (χ4n) is 0.868. The second kappa shape index (κ2) is 4.87. The summed E-state index contributed by atoms with van der Waals surface area (Å²) in [4.78, 5) is 13.9. The fourth-order valence-corrected chi connectivity index (χ4v) is 1.28. The van der Waals surface area contributed by atoms with E-state index < -0.39 is 0 Å². The van der Waals surface area contributed by atoms with Gasteiger partial charge in [-0.2, -0.15) is 0 Å². The van der Waals surface area contributed by atoms with E-state index in [0.29, 0.717) is 13.0 Å². The molecular formula is C8H9BrN2O. The van der Waals surface area contributed by atoms with Gasteiger partial charge in [0.15, 0.2) is 0 Å². The molecule has 0 fully saturated rings. The van der Waals surface area contributed by atoms with E-state index >= 15 is 0 Å². The number of amides is 1. The predicted octanol–water partition coefficient (Wildman–Crippen LogP) is 1.13. The average Bonchev–Trinajstić information content (AvgIpc) is 2.05. The third-order valence-corrected chi connectivity index (χ3v) is 1.84. The topological polar surface area (TPSA) is 42.0 Å². The Hall–Kier alpha value is -0.900. The summed E-state index contributed by atoms with van der Waals surface area (Å²) in [5.74, 6) is 0. The molecule has 0 atom stereocenters. The summed E-state index contributed by atoms with van der Waals surface area (Å²) >= 11 is 3.32. The molecule has 0 unspecified atom stereocenters. The molecule has 0 spiro atoms. The highest BCUT2D eigenvalue weighted by Gasteiger charge is 1.93. The zero-order valence-electron chi connectivity index (χ0n) is 6.46. The van der Waals surface area contributed by atoms with Gasteiger partial charge >= 0.3 is 0 Å². The number of hydrogen-bond acceptors (Lipinski definition) is 2. The summed E-state index contributed by atoms with van der Waals surface area (Å²) in [6, 6.07) is 1.99. The zero-order valence-corrected chi connectivity index (χ0v) is 8.04. The van der Waals surface area contributed by atoms with E-state index in [9.17, 15) is 4.79 Å². The molecule has 64 valence electrons. The van der Waals surface area contributed by atoms with Crippen LogP contribution in [0.25, 0.3) is 0 Å². The van der Waals surface area contributed by atoms with E-state index in [4.69, 9.17) is 0 Å². The number of carbonyl (C=O) groups is 1. The molecule has 0 aromatic carbocycles. The summed E-state index contributed by atoms with van der Waals surface area (Å²) < 4.78 is 0.964. The first-order chi connectivity index (χ1) is 5.83. The Bertz CT molecular complexity index is 265. The molecule has 1 rings (SSSR count). The highest BCUT2D eigenvalue weighted by molar-refractivity contribution is 9.10. The van der Waals surface area contributed by atoms with E-state index in [1.165, 1.54) is 0 Å². The van der Waals surface area contributed by atoms with Gasteiger partial charge in [-0.05, 0) is 34.0 Å². The van der Waals surface area contributed by atoms with Crippen LogP contribution in [0.1, 0.15) is 5.56 Å². The van der Waals surface area contributed by atoms with Crippen molar-refractivity contribution >= 4 is 22.3 Å². The number of carbonyl (C=O) groups excluding carboxylic acids is 1. The number of aromatic nitrogens is 1. The van der Waals surface area contributed by atoms with Gasteiger partial charge in [0, 0.05) is 23.4 Å². The van der Waals surface area contributed by atoms with Crippen LogP contribution in [0.3, 0.4) is 0 Å². The lowest BCUT2D eigenvalue weighted by atomic mass is 10.2. The molecule has 1 amide bonds. The highest BCUT2D eigenvalue weighted by atomic mass is 79.9. The van der Waals surface area contributed by atoms with Crippen LogP contribution in [0.2, 0.25) is 0 Å². The van der Waals surface area contributed by atoms with Gasteiger partial charge in [-0.15, -0.1) is 0 Å².